The fourth-order valence-corrected chi connectivity index (χ4v) is 23.3. The lowest BCUT2D eigenvalue weighted by Gasteiger charge is -2.34. The Kier molecular flexibility index (Phi) is 25.4. The minimum atomic E-state index is -1.05. The standard InChI is InChI=1S/C48H80O12.C15H26O6.C12H20O2/c1-2-48(24-55-21-45(52)58-18-29-7-38-30-9-33(17-51)39(12-30)44(38)8-29,25-56-22-46(53)59-19-34-10-31-13-40(34)42-5-27(15-49)3-36(31)42)26-57-23-47(54)60-20-35-11-32-14-41(35)43-6-28(16-50)4-37(32)43;1-2-15(9-16-3-12-6-19-12,10-17-4-13-7-20-13)11-18-5-14-8-21-14;13-5-7-1-10-8-3-9(6-14)11(4-8)12(10)2-7/h27-47,49-54H,2-26H2,1H3;12-14H,2-11H2,1H3;7-14H,1-6H2. The molecule has 8 N–H and O–H groups in total. The quantitative estimate of drug-likeness (QED) is 0.0250. The topological polar surface area (TPSA) is 282 Å². The van der Waals surface area contributed by atoms with E-state index in [4.69, 9.17) is 56.8 Å². The van der Waals surface area contributed by atoms with Crippen molar-refractivity contribution >= 4 is 0 Å². The van der Waals surface area contributed by atoms with Gasteiger partial charge in [0.15, 0.2) is 18.9 Å². The zero-order valence-electron chi connectivity index (χ0n) is 57.8. The van der Waals surface area contributed by atoms with Gasteiger partial charge in [0.25, 0.3) is 0 Å². The van der Waals surface area contributed by atoms with Crippen molar-refractivity contribution in [1.82, 2.24) is 0 Å². The zero-order valence-corrected chi connectivity index (χ0v) is 57.8. The molecule has 20 heteroatoms. The Bertz CT molecular complexity index is 2200. The molecule has 30 atom stereocenters. The summed E-state index contributed by atoms with van der Waals surface area (Å²) in [5, 5.41) is 80.4. The van der Waals surface area contributed by atoms with E-state index in [0.717, 1.165) is 124 Å². The van der Waals surface area contributed by atoms with E-state index in [1.54, 1.807) is 0 Å². The molecule has 15 rings (SSSR count). The second-order valence-corrected chi connectivity index (χ2v) is 34.2. The van der Waals surface area contributed by atoms with Gasteiger partial charge in [0.2, 0.25) is 0 Å². The molecule has 12 saturated carbocycles. The molecule has 12 aliphatic carbocycles. The lowest BCUT2D eigenvalue weighted by molar-refractivity contribution is -0.184. The highest BCUT2D eigenvalue weighted by Gasteiger charge is 2.59. The van der Waals surface area contributed by atoms with Gasteiger partial charge in [-0.3, -0.25) is 0 Å². The van der Waals surface area contributed by atoms with Crippen LogP contribution in [0.3, 0.4) is 0 Å². The van der Waals surface area contributed by atoms with Crippen LogP contribution < -0.4 is 0 Å². The molecule has 95 heavy (non-hydrogen) atoms. The Hall–Kier alpha value is -0.800. The summed E-state index contributed by atoms with van der Waals surface area (Å²) in [6.07, 6.45) is 18.6. The van der Waals surface area contributed by atoms with E-state index >= 15 is 0 Å². The summed E-state index contributed by atoms with van der Waals surface area (Å²) in [4.78, 5) is 0. The molecule has 30 unspecified atom stereocenters. The first-order valence-corrected chi connectivity index (χ1v) is 38.5. The fraction of sp³-hybridized carbons (Fsp3) is 1.00. The van der Waals surface area contributed by atoms with Crippen LogP contribution in [0.2, 0.25) is 0 Å². The SMILES string of the molecule is CCC(COCC(O)OCC1CC2C3CC(CO)C(C3)C2C1)(COCC(O)OCC1CC2CC1C1CC(CO)CC21)COCC(O)OCC1CC2CC1C1CC(CO)CC21.CCC(COCC1CO1)(COCC1CO1)COCC1CO1.OCC1CC2C3CC(CO)C(C3)C2C1. The largest absolute Gasteiger partial charge is 0.396 e. The summed E-state index contributed by atoms with van der Waals surface area (Å²) in [6, 6.07) is 0. The average Bonchev–Trinajstić information content (AvgIpc) is 1.62. The van der Waals surface area contributed by atoms with Gasteiger partial charge in [-0.15, -0.1) is 0 Å². The number of aliphatic hydroxyl groups excluding tert-OH is 8. The smallest absolute Gasteiger partial charge is 0.178 e. The maximum absolute atomic E-state index is 10.9. The van der Waals surface area contributed by atoms with Crippen LogP contribution in [-0.2, 0) is 56.8 Å². The molecule has 8 bridgehead atoms. The van der Waals surface area contributed by atoms with E-state index in [-0.39, 0.29) is 45.1 Å². The van der Waals surface area contributed by atoms with Crippen LogP contribution in [0.5, 0.6) is 0 Å². The molecule has 546 valence electrons. The first-order chi connectivity index (χ1) is 46.3. The second-order valence-electron chi connectivity index (χ2n) is 34.2. The summed E-state index contributed by atoms with van der Waals surface area (Å²) in [5.41, 5.74) is -0.708. The molecule has 3 aliphatic heterocycles. The van der Waals surface area contributed by atoms with E-state index in [0.29, 0.717) is 200 Å². The monoisotopic (exact) mass is 1350 g/mol. The molecule has 15 aliphatic rings. The Morgan fingerprint density at radius 3 is 0.884 bits per heavy atom. The molecule has 3 saturated heterocycles. The van der Waals surface area contributed by atoms with Crippen molar-refractivity contribution in [3.63, 3.8) is 0 Å². The Balaban J connectivity index is 0.000000187. The third-order valence-corrected chi connectivity index (χ3v) is 28.4. The minimum absolute atomic E-state index is 0.0194. The molecular formula is C75H126O20. The van der Waals surface area contributed by atoms with Crippen molar-refractivity contribution in [2.24, 2.45) is 153 Å². The first-order valence-electron chi connectivity index (χ1n) is 38.5. The van der Waals surface area contributed by atoms with Crippen LogP contribution >= 0.6 is 0 Å². The molecular weight excluding hydrogens is 1220 g/mol. The van der Waals surface area contributed by atoms with Crippen molar-refractivity contribution in [3.05, 3.63) is 0 Å². The van der Waals surface area contributed by atoms with Crippen molar-refractivity contribution in [2.75, 3.05) is 152 Å². The average molecular weight is 1350 g/mol. The number of aliphatic hydroxyl groups is 8. The summed E-state index contributed by atoms with van der Waals surface area (Å²) < 4.78 is 69.3. The van der Waals surface area contributed by atoms with Gasteiger partial charge in [-0.05, 0) is 258 Å². The third kappa shape index (κ3) is 17.7. The van der Waals surface area contributed by atoms with Gasteiger partial charge in [0.05, 0.1) is 119 Å². The minimum Gasteiger partial charge on any atom is -0.396 e. The van der Waals surface area contributed by atoms with Crippen molar-refractivity contribution in [2.45, 2.75) is 167 Å². The molecule has 0 aromatic carbocycles. The van der Waals surface area contributed by atoms with E-state index in [1.807, 2.05) is 6.92 Å². The number of hydrogen-bond acceptors (Lipinski definition) is 20. The van der Waals surface area contributed by atoms with E-state index in [2.05, 4.69) is 6.92 Å². The lowest BCUT2D eigenvalue weighted by Crippen LogP contribution is -2.40. The van der Waals surface area contributed by atoms with Gasteiger partial charge in [-0.25, -0.2) is 0 Å². The number of rotatable bonds is 40. The third-order valence-electron chi connectivity index (χ3n) is 28.4. The summed E-state index contributed by atoms with van der Waals surface area (Å²) >= 11 is 0. The zero-order chi connectivity index (χ0) is 65.8. The predicted molar refractivity (Wildman–Crippen MR) is 349 cm³/mol. The molecule has 0 amide bonds. The van der Waals surface area contributed by atoms with Crippen molar-refractivity contribution in [3.8, 4) is 0 Å². The molecule has 0 aromatic rings. The summed E-state index contributed by atoms with van der Waals surface area (Å²) in [7, 11) is 0. The Morgan fingerprint density at radius 2 is 0.579 bits per heavy atom. The van der Waals surface area contributed by atoms with Gasteiger partial charge in [0, 0.05) is 43.9 Å². The summed E-state index contributed by atoms with van der Waals surface area (Å²) in [6.45, 7) is 14.6. The lowest BCUT2D eigenvalue weighted by atomic mass is 9.76. The molecule has 3 heterocycles. The van der Waals surface area contributed by atoms with Gasteiger partial charge in [-0.1, -0.05) is 13.8 Å². The Labute approximate surface area is 566 Å². The van der Waals surface area contributed by atoms with Crippen LogP contribution in [0, 0.1) is 153 Å². The second kappa shape index (κ2) is 33.3. The van der Waals surface area contributed by atoms with Gasteiger partial charge >= 0.3 is 0 Å². The van der Waals surface area contributed by atoms with Gasteiger partial charge < -0.3 is 97.7 Å². The fourth-order valence-electron chi connectivity index (χ4n) is 23.3. The van der Waals surface area contributed by atoms with Gasteiger partial charge in [-0.2, -0.15) is 0 Å². The predicted octanol–water partition coefficient (Wildman–Crippen LogP) is 6.21. The number of epoxide rings is 3. The number of hydrogen-bond donors (Lipinski definition) is 8. The molecule has 0 aromatic heterocycles. The molecule has 0 radical (unpaired) electrons. The van der Waals surface area contributed by atoms with Crippen molar-refractivity contribution in [1.29, 1.82) is 0 Å². The first kappa shape index (κ1) is 72.5. The van der Waals surface area contributed by atoms with Crippen LogP contribution in [0.15, 0.2) is 0 Å². The van der Waals surface area contributed by atoms with Crippen molar-refractivity contribution < 1.29 is 97.7 Å². The van der Waals surface area contributed by atoms with Gasteiger partial charge in [0.1, 0.15) is 18.3 Å². The van der Waals surface area contributed by atoms with Crippen LogP contribution in [0.25, 0.3) is 0 Å². The number of fused-ring (bicyclic) bond motifs is 20. The maximum atomic E-state index is 10.9. The Morgan fingerprint density at radius 1 is 0.305 bits per heavy atom. The van der Waals surface area contributed by atoms with E-state index in [9.17, 15) is 40.9 Å². The molecule has 15 fully saturated rings. The summed E-state index contributed by atoms with van der Waals surface area (Å²) in [5.74, 6) is 15.8. The number of ether oxygens (including phenoxy) is 12. The highest BCUT2D eigenvalue weighted by atomic mass is 16.6. The maximum Gasteiger partial charge on any atom is 0.178 e. The van der Waals surface area contributed by atoms with Crippen LogP contribution in [-0.4, -0.2) is 230 Å². The molecule has 0 spiro atoms. The molecule has 20 nitrogen and oxygen atoms in total. The highest BCUT2D eigenvalue weighted by Crippen LogP contribution is 2.65. The van der Waals surface area contributed by atoms with E-state index in [1.165, 1.54) is 64.2 Å². The van der Waals surface area contributed by atoms with E-state index < -0.39 is 24.3 Å². The van der Waals surface area contributed by atoms with Crippen LogP contribution in [0.1, 0.15) is 129 Å². The highest BCUT2D eigenvalue weighted by molar-refractivity contribution is 5.08. The normalized spacial score (nSPS) is 44.2. The van der Waals surface area contributed by atoms with Crippen LogP contribution in [0.4, 0.5) is 0 Å².